The van der Waals surface area contributed by atoms with Crippen molar-refractivity contribution in [3.63, 3.8) is 0 Å². The highest BCUT2D eigenvalue weighted by atomic mass is 35.5. The van der Waals surface area contributed by atoms with Crippen molar-refractivity contribution < 1.29 is 14.2 Å². The van der Waals surface area contributed by atoms with Crippen molar-refractivity contribution in [3.8, 4) is 11.8 Å². The second kappa shape index (κ2) is 8.63. The first-order valence-electron chi connectivity index (χ1n) is 10.9. The van der Waals surface area contributed by atoms with Gasteiger partial charge in [-0.2, -0.15) is 5.10 Å². The molecular weight excluding hydrogens is 463 g/mol. The van der Waals surface area contributed by atoms with Gasteiger partial charge in [0.25, 0.3) is 0 Å². The Bertz CT molecular complexity index is 1310. The Labute approximate surface area is 199 Å². The van der Waals surface area contributed by atoms with Crippen molar-refractivity contribution in [2.75, 3.05) is 30.3 Å². The molecular formula is C22H24ClFN8O2. The van der Waals surface area contributed by atoms with Gasteiger partial charge in [0.2, 0.25) is 0 Å². The van der Waals surface area contributed by atoms with Crippen LogP contribution < -0.4 is 16.4 Å². The number of piperidine rings is 1. The van der Waals surface area contributed by atoms with E-state index >= 15 is 0 Å². The minimum Gasteiger partial charge on any atom is -0.390 e. The number of H-pyrrole nitrogens is 1. The van der Waals surface area contributed by atoms with Crippen molar-refractivity contribution >= 4 is 34.4 Å². The van der Waals surface area contributed by atoms with Crippen LogP contribution in [0, 0.1) is 23.1 Å². The van der Waals surface area contributed by atoms with Crippen LogP contribution in [0.15, 0.2) is 6.20 Å². The number of pyridine rings is 1. The number of anilines is 2. The van der Waals surface area contributed by atoms with Crippen LogP contribution in [-0.4, -0.2) is 62.1 Å². The fraction of sp³-hybridized carbons (Fsp3) is 0.455. The molecule has 2 atom stereocenters. The number of aromatic amines is 1. The molecule has 0 saturated carbocycles. The Morgan fingerprint density at radius 3 is 2.79 bits per heavy atom. The zero-order valence-corrected chi connectivity index (χ0v) is 19.2. The molecule has 0 amide bonds. The Morgan fingerprint density at radius 1 is 1.35 bits per heavy atom. The van der Waals surface area contributed by atoms with Crippen molar-refractivity contribution in [1.29, 1.82) is 0 Å². The molecule has 2 saturated heterocycles. The molecule has 0 bridgehead atoms. The second-order valence-electron chi connectivity index (χ2n) is 8.74. The lowest BCUT2D eigenvalue weighted by Gasteiger charge is -2.41. The lowest BCUT2D eigenvalue weighted by Crippen LogP contribution is -2.51. The van der Waals surface area contributed by atoms with Crippen LogP contribution in [0.3, 0.4) is 0 Å². The van der Waals surface area contributed by atoms with E-state index in [1.54, 1.807) is 0 Å². The van der Waals surface area contributed by atoms with Crippen molar-refractivity contribution in [1.82, 2.24) is 25.1 Å². The normalized spacial score (nSPS) is 21.7. The van der Waals surface area contributed by atoms with Crippen LogP contribution in [0.25, 0.3) is 11.2 Å². The molecule has 2 aliphatic rings. The smallest absolute Gasteiger partial charge is 0.182 e. The number of aromatic nitrogens is 5. The monoisotopic (exact) mass is 486 g/mol. The molecule has 3 aromatic heterocycles. The van der Waals surface area contributed by atoms with Crippen LogP contribution in [-0.2, 0) is 11.3 Å². The average molecular weight is 487 g/mol. The van der Waals surface area contributed by atoms with Crippen LogP contribution >= 0.6 is 11.6 Å². The summed E-state index contributed by atoms with van der Waals surface area (Å²) >= 11 is 6.01. The summed E-state index contributed by atoms with van der Waals surface area (Å²) in [6.07, 6.45) is 3.01. The van der Waals surface area contributed by atoms with Crippen LogP contribution in [0.1, 0.15) is 36.7 Å². The predicted molar refractivity (Wildman–Crippen MR) is 124 cm³/mol. The molecule has 5 rings (SSSR count). The molecule has 0 aromatic carbocycles. The summed E-state index contributed by atoms with van der Waals surface area (Å²) in [7, 11) is 0. The third-order valence-corrected chi connectivity index (χ3v) is 7.09. The molecule has 0 unspecified atom stereocenters. The van der Waals surface area contributed by atoms with Gasteiger partial charge in [-0.1, -0.05) is 17.5 Å². The topological polar surface area (TPSA) is 152 Å². The third kappa shape index (κ3) is 3.73. The van der Waals surface area contributed by atoms with Gasteiger partial charge in [0, 0.05) is 30.7 Å². The molecule has 0 radical (unpaired) electrons. The predicted octanol–water partition coefficient (Wildman–Crippen LogP) is 1.35. The van der Waals surface area contributed by atoms with E-state index in [-0.39, 0.29) is 46.3 Å². The summed E-state index contributed by atoms with van der Waals surface area (Å²) in [4.78, 5) is 15.0. The number of fused-ring (bicyclic) bond motifs is 1. The van der Waals surface area contributed by atoms with Crippen molar-refractivity contribution in [2.45, 2.75) is 38.5 Å². The van der Waals surface area contributed by atoms with E-state index in [0.717, 1.165) is 25.9 Å². The van der Waals surface area contributed by atoms with Crippen LogP contribution in [0.2, 0.25) is 5.02 Å². The summed E-state index contributed by atoms with van der Waals surface area (Å²) in [5, 5.41) is 17.0. The summed E-state index contributed by atoms with van der Waals surface area (Å²) in [6.45, 7) is 3.81. The quantitative estimate of drug-likeness (QED) is 0.393. The van der Waals surface area contributed by atoms with E-state index in [0.29, 0.717) is 29.3 Å². The maximum absolute atomic E-state index is 14.3. The number of hydrogen-bond acceptors (Lipinski definition) is 9. The lowest BCUT2D eigenvalue weighted by atomic mass is 9.73. The van der Waals surface area contributed by atoms with Crippen LogP contribution in [0.4, 0.5) is 16.0 Å². The molecule has 1 spiro atoms. The zero-order chi connectivity index (χ0) is 24.0. The van der Waals surface area contributed by atoms with E-state index in [4.69, 9.17) is 27.8 Å². The molecule has 178 valence electrons. The third-order valence-electron chi connectivity index (χ3n) is 6.81. The number of nitrogens with one attached hydrogen (secondary N) is 1. The number of aliphatic hydroxyl groups excluding tert-OH is 1. The van der Waals surface area contributed by atoms with E-state index in [1.807, 2.05) is 6.92 Å². The van der Waals surface area contributed by atoms with Gasteiger partial charge in [-0.3, -0.25) is 5.10 Å². The Kier molecular flexibility index (Phi) is 5.77. The standard InChI is InChI=1S/C22H24ClFN8O2/c1-11-18(25)22(10-34-11)4-6-32(7-5-22)21-15(9-33)28-17-14(30-31-20(17)29-21)3-2-12-13(23)8-27-19(26)16(12)24/h8,11,18,33H,4-7,9-10,25H2,1H3,(H2,26,27)(H,29,30,31)/t11-,18+/m0/s1. The summed E-state index contributed by atoms with van der Waals surface area (Å²) in [5.41, 5.74) is 13.2. The van der Waals surface area contributed by atoms with Crippen LogP contribution in [0.5, 0.6) is 0 Å². The second-order valence-corrected chi connectivity index (χ2v) is 9.15. The van der Waals surface area contributed by atoms with Gasteiger partial charge in [0.05, 0.1) is 29.9 Å². The molecule has 3 aromatic rings. The molecule has 2 aliphatic heterocycles. The Morgan fingerprint density at radius 2 is 2.12 bits per heavy atom. The van der Waals surface area contributed by atoms with Crippen molar-refractivity contribution in [2.24, 2.45) is 11.1 Å². The van der Waals surface area contributed by atoms with E-state index in [9.17, 15) is 9.50 Å². The maximum atomic E-state index is 14.3. The lowest BCUT2D eigenvalue weighted by molar-refractivity contribution is 0.0973. The molecule has 2 fully saturated rings. The highest BCUT2D eigenvalue weighted by Gasteiger charge is 2.47. The van der Waals surface area contributed by atoms with Gasteiger partial charge in [0.15, 0.2) is 28.8 Å². The SMILES string of the molecule is C[C@@H]1OCC2(CCN(c3nc4[nH]nc(C#Cc5c(Cl)cnc(N)c5F)c4nc3CO)CC2)[C@@H]1N. The number of aliphatic hydroxyl groups is 1. The highest BCUT2D eigenvalue weighted by Crippen LogP contribution is 2.42. The molecule has 0 aliphatic carbocycles. The average Bonchev–Trinajstić information content (AvgIpc) is 3.37. The summed E-state index contributed by atoms with van der Waals surface area (Å²) < 4.78 is 20.1. The largest absolute Gasteiger partial charge is 0.390 e. The number of nitrogens with zero attached hydrogens (tertiary/aromatic N) is 5. The van der Waals surface area contributed by atoms with Gasteiger partial charge in [-0.25, -0.2) is 19.3 Å². The molecule has 12 heteroatoms. The zero-order valence-electron chi connectivity index (χ0n) is 18.5. The fourth-order valence-corrected chi connectivity index (χ4v) is 4.84. The molecule has 6 N–H and O–H groups in total. The first-order chi connectivity index (χ1) is 16.3. The summed E-state index contributed by atoms with van der Waals surface area (Å²) in [6, 6.07) is 0.00310. The van der Waals surface area contributed by atoms with Crippen molar-refractivity contribution in [3.05, 3.63) is 34.0 Å². The van der Waals surface area contributed by atoms with Gasteiger partial charge in [-0.15, -0.1) is 0 Å². The molecule has 5 heterocycles. The minimum atomic E-state index is -0.797. The fourth-order valence-electron chi connectivity index (χ4n) is 4.67. The number of nitrogens with two attached hydrogens (primary N) is 2. The van der Waals surface area contributed by atoms with Gasteiger partial charge in [0.1, 0.15) is 11.2 Å². The number of ether oxygens (including phenoxy) is 1. The molecule has 10 nitrogen and oxygen atoms in total. The number of hydrogen-bond donors (Lipinski definition) is 4. The van der Waals surface area contributed by atoms with Gasteiger partial charge >= 0.3 is 0 Å². The molecule has 34 heavy (non-hydrogen) atoms. The number of halogens is 2. The van der Waals surface area contributed by atoms with E-state index < -0.39 is 5.82 Å². The van der Waals surface area contributed by atoms with E-state index in [1.165, 1.54) is 6.20 Å². The maximum Gasteiger partial charge on any atom is 0.182 e. The summed E-state index contributed by atoms with van der Waals surface area (Å²) in [5.74, 6) is 4.90. The minimum absolute atomic E-state index is 0.00310. The Balaban J connectivity index is 1.44. The highest BCUT2D eigenvalue weighted by molar-refractivity contribution is 6.31. The first kappa shape index (κ1) is 22.7. The van der Waals surface area contributed by atoms with Gasteiger partial charge < -0.3 is 26.2 Å². The number of nitrogen functional groups attached to an aromatic ring is 1. The Hall–Kier alpha value is -3.04. The van der Waals surface area contributed by atoms with E-state index in [2.05, 4.69) is 41.9 Å². The number of rotatable bonds is 2. The van der Waals surface area contributed by atoms with Gasteiger partial charge in [-0.05, 0) is 25.7 Å². The first-order valence-corrected chi connectivity index (χ1v) is 11.3.